The SMILES string of the molecule is CC(C)Cc1ccc(CC(=O)Oc2c(C(C)(C)C)cc(SC(C)(C)Sc3cc(C(C)(C)C)c(O)c(C(C)(C)C)c3)cc2C(C)(C)C)cc1. The molecule has 0 fully saturated rings. The van der Waals surface area contributed by atoms with Crippen LogP contribution in [0.4, 0.5) is 0 Å². The van der Waals surface area contributed by atoms with E-state index in [1.807, 2.05) is 23.5 Å². The number of carbonyl (C=O) groups is 1. The van der Waals surface area contributed by atoms with E-state index in [1.165, 1.54) is 5.56 Å². The Bertz CT molecular complexity index is 1520. The number of thioether (sulfide) groups is 2. The minimum atomic E-state index is -0.248. The number of hydrogen-bond acceptors (Lipinski definition) is 5. The Morgan fingerprint density at radius 3 is 1.33 bits per heavy atom. The van der Waals surface area contributed by atoms with E-state index in [0.717, 1.165) is 44.0 Å². The molecule has 0 aromatic heterocycles. The van der Waals surface area contributed by atoms with E-state index in [1.54, 1.807) is 0 Å². The number of ether oxygens (including phenoxy) is 1. The Morgan fingerprint density at radius 2 is 0.979 bits per heavy atom. The van der Waals surface area contributed by atoms with Crippen molar-refractivity contribution in [2.24, 2.45) is 5.92 Å². The monoisotopic (exact) mass is 690 g/mol. The van der Waals surface area contributed by atoms with E-state index in [4.69, 9.17) is 4.74 Å². The third kappa shape index (κ3) is 10.8. The first-order valence-corrected chi connectivity index (χ1v) is 19.0. The summed E-state index contributed by atoms with van der Waals surface area (Å²) >= 11 is 3.65. The minimum absolute atomic E-state index is 0.189. The largest absolute Gasteiger partial charge is 0.507 e. The summed E-state index contributed by atoms with van der Waals surface area (Å²) in [4.78, 5) is 15.8. The Balaban J connectivity index is 2.01. The molecule has 48 heavy (non-hydrogen) atoms. The predicted octanol–water partition coefficient (Wildman–Crippen LogP) is 12.5. The van der Waals surface area contributed by atoms with Crippen molar-refractivity contribution in [3.63, 3.8) is 0 Å². The van der Waals surface area contributed by atoms with Gasteiger partial charge in [0.25, 0.3) is 0 Å². The van der Waals surface area contributed by atoms with Crippen LogP contribution in [0.25, 0.3) is 0 Å². The average Bonchev–Trinajstić information content (AvgIpc) is 2.88. The van der Waals surface area contributed by atoms with E-state index in [-0.39, 0.29) is 38.1 Å². The molecule has 0 amide bonds. The van der Waals surface area contributed by atoms with Crippen LogP contribution in [0, 0.1) is 5.92 Å². The fourth-order valence-electron chi connectivity index (χ4n) is 5.87. The molecule has 0 radical (unpaired) electrons. The van der Waals surface area contributed by atoms with Gasteiger partial charge in [-0.15, -0.1) is 23.5 Å². The average molecular weight is 691 g/mol. The van der Waals surface area contributed by atoms with E-state index < -0.39 is 0 Å². The summed E-state index contributed by atoms with van der Waals surface area (Å²) in [5.74, 6) is 1.45. The van der Waals surface area contributed by atoms with E-state index in [2.05, 4.69) is 159 Å². The van der Waals surface area contributed by atoms with Gasteiger partial charge in [0.2, 0.25) is 0 Å². The van der Waals surface area contributed by atoms with Gasteiger partial charge < -0.3 is 9.84 Å². The molecule has 1 N–H and O–H groups in total. The molecule has 0 aliphatic heterocycles. The number of phenols is 1. The molecular formula is C43H62O3S2. The van der Waals surface area contributed by atoms with Crippen LogP contribution in [0.3, 0.4) is 0 Å². The number of hydrogen-bond donors (Lipinski definition) is 1. The molecular weight excluding hydrogens is 629 g/mol. The zero-order valence-electron chi connectivity index (χ0n) is 32.7. The summed E-state index contributed by atoms with van der Waals surface area (Å²) in [7, 11) is 0. The van der Waals surface area contributed by atoms with Crippen molar-refractivity contribution < 1.29 is 14.6 Å². The summed E-state index contributed by atoms with van der Waals surface area (Å²) in [5, 5.41) is 11.3. The van der Waals surface area contributed by atoms with Crippen LogP contribution in [0.5, 0.6) is 11.5 Å². The second kappa shape index (κ2) is 14.5. The third-order valence-corrected chi connectivity index (χ3v) is 10.8. The molecule has 0 aliphatic rings. The second-order valence-corrected chi connectivity index (χ2v) is 22.0. The Hall–Kier alpha value is -2.37. The number of rotatable bonds is 9. The molecule has 0 saturated heterocycles. The van der Waals surface area contributed by atoms with Gasteiger partial charge in [0.05, 0.1) is 10.5 Å². The number of carbonyl (C=O) groups excluding carboxylic acids is 1. The highest BCUT2D eigenvalue weighted by Crippen LogP contribution is 2.51. The second-order valence-electron chi connectivity index (χ2n) is 18.4. The van der Waals surface area contributed by atoms with Crippen molar-refractivity contribution >= 4 is 29.5 Å². The fourth-order valence-corrected chi connectivity index (χ4v) is 8.45. The molecule has 3 aromatic carbocycles. The fraction of sp³-hybridized carbons (Fsp3) is 0.558. The lowest BCUT2D eigenvalue weighted by Gasteiger charge is -2.32. The molecule has 264 valence electrons. The molecule has 0 saturated carbocycles. The van der Waals surface area contributed by atoms with Crippen LogP contribution in [-0.4, -0.2) is 15.2 Å². The Kier molecular flexibility index (Phi) is 12.1. The lowest BCUT2D eigenvalue weighted by Crippen LogP contribution is -2.23. The van der Waals surface area contributed by atoms with E-state index in [9.17, 15) is 9.90 Å². The van der Waals surface area contributed by atoms with E-state index in [0.29, 0.717) is 17.4 Å². The Morgan fingerprint density at radius 1 is 0.625 bits per heavy atom. The maximum Gasteiger partial charge on any atom is 0.315 e. The van der Waals surface area contributed by atoms with Crippen LogP contribution in [0.1, 0.15) is 144 Å². The van der Waals surface area contributed by atoms with Gasteiger partial charge in [-0.2, -0.15) is 0 Å². The van der Waals surface area contributed by atoms with Crippen LogP contribution in [-0.2, 0) is 39.3 Å². The molecule has 0 spiro atoms. The maximum atomic E-state index is 13.5. The van der Waals surface area contributed by atoms with Gasteiger partial charge in [0.1, 0.15) is 11.5 Å². The summed E-state index contributed by atoms with van der Waals surface area (Å²) in [5.41, 5.74) is 5.40. The van der Waals surface area contributed by atoms with Gasteiger partial charge in [-0.3, -0.25) is 4.79 Å². The molecule has 0 atom stereocenters. The van der Waals surface area contributed by atoms with Crippen molar-refractivity contribution in [3.05, 3.63) is 81.9 Å². The van der Waals surface area contributed by atoms with Gasteiger partial charge in [-0.25, -0.2) is 0 Å². The van der Waals surface area contributed by atoms with Gasteiger partial charge in [-0.05, 0) is 83.2 Å². The third-order valence-electron chi connectivity index (χ3n) is 8.34. The molecule has 0 unspecified atom stereocenters. The number of esters is 1. The molecule has 0 heterocycles. The summed E-state index contributed by atoms with van der Waals surface area (Å²) in [6.07, 6.45) is 1.26. The highest BCUT2D eigenvalue weighted by Gasteiger charge is 2.33. The zero-order chi connectivity index (χ0) is 36.6. The first kappa shape index (κ1) is 40.1. The summed E-state index contributed by atoms with van der Waals surface area (Å²) in [6.45, 7) is 35.0. The lowest BCUT2D eigenvalue weighted by molar-refractivity contribution is -0.133. The van der Waals surface area contributed by atoms with Crippen LogP contribution in [0.15, 0.2) is 58.3 Å². The van der Waals surface area contributed by atoms with Crippen LogP contribution >= 0.6 is 23.5 Å². The molecule has 3 nitrogen and oxygen atoms in total. The molecule has 3 aromatic rings. The van der Waals surface area contributed by atoms with Gasteiger partial charge >= 0.3 is 5.97 Å². The van der Waals surface area contributed by atoms with Gasteiger partial charge in [0, 0.05) is 32.0 Å². The molecule has 5 heteroatoms. The van der Waals surface area contributed by atoms with E-state index >= 15 is 0 Å². The molecule has 0 aliphatic carbocycles. The van der Waals surface area contributed by atoms with Crippen molar-refractivity contribution in [3.8, 4) is 11.5 Å². The number of aromatic hydroxyl groups is 1. The standard InChI is InChI=1S/C43H62O3S2/c1-27(2)21-28-17-19-29(20-18-28)22-36(44)46-38-34(41(9,10)11)25-31(26-35(38)42(12,13)14)48-43(15,16)47-30-23-32(39(3,4)5)37(45)33(24-30)40(6,7)8/h17-20,23-27,45H,21-22H2,1-16H3. The minimum Gasteiger partial charge on any atom is -0.507 e. The Labute approximate surface area is 301 Å². The topological polar surface area (TPSA) is 46.5 Å². The highest BCUT2D eigenvalue weighted by atomic mass is 32.2. The first-order chi connectivity index (χ1) is 21.7. The van der Waals surface area contributed by atoms with Crippen LogP contribution in [0.2, 0.25) is 0 Å². The van der Waals surface area contributed by atoms with Gasteiger partial charge in [0.15, 0.2) is 0 Å². The summed E-state index contributed by atoms with van der Waals surface area (Å²) < 4.78 is 6.10. The molecule has 0 bridgehead atoms. The predicted molar refractivity (Wildman–Crippen MR) is 209 cm³/mol. The van der Waals surface area contributed by atoms with Crippen molar-refractivity contribution in [1.82, 2.24) is 0 Å². The van der Waals surface area contributed by atoms with Crippen LogP contribution < -0.4 is 4.74 Å². The highest BCUT2D eigenvalue weighted by molar-refractivity contribution is 8.18. The van der Waals surface area contributed by atoms with Crippen molar-refractivity contribution in [2.45, 2.75) is 159 Å². The summed E-state index contributed by atoms with van der Waals surface area (Å²) in [6, 6.07) is 17.1. The number of phenolic OH excluding ortho intramolecular Hbond substituents is 1. The van der Waals surface area contributed by atoms with Gasteiger partial charge in [-0.1, -0.05) is 121 Å². The number of benzene rings is 3. The quantitative estimate of drug-likeness (QED) is 0.105. The first-order valence-electron chi connectivity index (χ1n) is 17.4. The molecule has 3 rings (SSSR count). The normalized spacial score (nSPS) is 13.3. The van der Waals surface area contributed by atoms with Crippen molar-refractivity contribution in [2.75, 3.05) is 0 Å². The lowest BCUT2D eigenvalue weighted by atomic mass is 9.79. The zero-order valence-corrected chi connectivity index (χ0v) is 34.3. The smallest absolute Gasteiger partial charge is 0.315 e. The van der Waals surface area contributed by atoms with Crippen molar-refractivity contribution in [1.29, 1.82) is 0 Å². The maximum absolute atomic E-state index is 13.5.